The lowest BCUT2D eigenvalue weighted by Gasteiger charge is -2.13. The summed E-state index contributed by atoms with van der Waals surface area (Å²) >= 11 is 0. The fourth-order valence-electron chi connectivity index (χ4n) is 2.34. The van der Waals surface area contributed by atoms with Gasteiger partial charge in [0.2, 0.25) is 0 Å². The summed E-state index contributed by atoms with van der Waals surface area (Å²) in [6, 6.07) is 16.8. The van der Waals surface area contributed by atoms with Gasteiger partial charge in [0.15, 0.2) is 5.76 Å². The highest BCUT2D eigenvalue weighted by atomic mass is 16.5. The van der Waals surface area contributed by atoms with Crippen LogP contribution in [0.25, 0.3) is 11.0 Å². The number of carbonyl (C=O) groups excluding carboxylic acids is 1. The van der Waals surface area contributed by atoms with Crippen LogP contribution < -0.4 is 10.1 Å². The van der Waals surface area contributed by atoms with Crippen molar-refractivity contribution < 1.29 is 13.9 Å². The molecule has 4 heteroatoms. The Kier molecular flexibility index (Phi) is 3.83. The molecule has 1 N–H and O–H groups in total. The average molecular weight is 295 g/mol. The third-order valence-electron chi connectivity index (χ3n) is 3.61. The van der Waals surface area contributed by atoms with Crippen LogP contribution in [-0.2, 0) is 0 Å². The molecule has 3 aromatic rings. The molecule has 0 aliphatic rings. The van der Waals surface area contributed by atoms with E-state index in [-0.39, 0.29) is 11.9 Å². The zero-order valence-electron chi connectivity index (χ0n) is 12.5. The second kappa shape index (κ2) is 5.93. The maximum absolute atomic E-state index is 12.3. The molecule has 0 saturated heterocycles. The molecule has 0 aliphatic heterocycles. The first-order chi connectivity index (χ1) is 10.7. The number of ether oxygens (including phenoxy) is 1. The van der Waals surface area contributed by atoms with Crippen molar-refractivity contribution in [3.8, 4) is 5.75 Å². The van der Waals surface area contributed by atoms with E-state index in [1.165, 1.54) is 0 Å². The molecule has 0 saturated carbocycles. The molecule has 0 aliphatic carbocycles. The van der Waals surface area contributed by atoms with Crippen LogP contribution in [-0.4, -0.2) is 13.0 Å². The van der Waals surface area contributed by atoms with Gasteiger partial charge in [-0.05, 0) is 36.8 Å². The van der Waals surface area contributed by atoms with Crippen LogP contribution in [0.3, 0.4) is 0 Å². The van der Waals surface area contributed by atoms with Crippen molar-refractivity contribution in [1.82, 2.24) is 5.32 Å². The third kappa shape index (κ3) is 2.81. The van der Waals surface area contributed by atoms with Gasteiger partial charge in [-0.15, -0.1) is 0 Å². The van der Waals surface area contributed by atoms with Gasteiger partial charge < -0.3 is 14.5 Å². The molecule has 1 aromatic heterocycles. The van der Waals surface area contributed by atoms with Crippen LogP contribution in [0.5, 0.6) is 5.75 Å². The minimum Gasteiger partial charge on any atom is -0.497 e. The van der Waals surface area contributed by atoms with E-state index in [9.17, 15) is 4.79 Å². The van der Waals surface area contributed by atoms with Crippen molar-refractivity contribution in [3.63, 3.8) is 0 Å². The van der Waals surface area contributed by atoms with Gasteiger partial charge in [-0.1, -0.05) is 30.3 Å². The van der Waals surface area contributed by atoms with E-state index in [0.29, 0.717) is 11.3 Å². The van der Waals surface area contributed by atoms with E-state index in [0.717, 1.165) is 16.7 Å². The van der Waals surface area contributed by atoms with Crippen LogP contribution in [0.2, 0.25) is 0 Å². The van der Waals surface area contributed by atoms with Gasteiger partial charge in [0.05, 0.1) is 13.2 Å². The Morgan fingerprint density at radius 1 is 1.14 bits per heavy atom. The monoisotopic (exact) mass is 295 g/mol. The van der Waals surface area contributed by atoms with Gasteiger partial charge in [0.1, 0.15) is 11.3 Å². The fourth-order valence-corrected chi connectivity index (χ4v) is 2.34. The van der Waals surface area contributed by atoms with Crippen LogP contribution in [0.15, 0.2) is 59.0 Å². The minimum absolute atomic E-state index is 0.119. The Balaban J connectivity index is 1.74. The summed E-state index contributed by atoms with van der Waals surface area (Å²) in [5.41, 5.74) is 1.72. The lowest BCUT2D eigenvalue weighted by molar-refractivity contribution is 0.0914. The second-order valence-corrected chi connectivity index (χ2v) is 5.12. The third-order valence-corrected chi connectivity index (χ3v) is 3.61. The first-order valence-electron chi connectivity index (χ1n) is 7.11. The molecule has 0 radical (unpaired) electrons. The maximum atomic E-state index is 12.3. The van der Waals surface area contributed by atoms with Crippen LogP contribution in [0, 0.1) is 0 Å². The number of furan rings is 1. The number of hydrogen-bond donors (Lipinski definition) is 1. The Hall–Kier alpha value is -2.75. The Bertz CT molecular complexity index is 756. The van der Waals surface area contributed by atoms with Gasteiger partial charge >= 0.3 is 0 Å². The normalized spacial score (nSPS) is 12.1. The lowest BCUT2D eigenvalue weighted by Crippen LogP contribution is -2.26. The van der Waals surface area contributed by atoms with Crippen molar-refractivity contribution in [3.05, 3.63) is 65.9 Å². The zero-order valence-corrected chi connectivity index (χ0v) is 12.5. The minimum atomic E-state index is -0.223. The number of amides is 1. The van der Waals surface area contributed by atoms with Crippen molar-refractivity contribution in [2.45, 2.75) is 13.0 Å². The molecule has 1 heterocycles. The van der Waals surface area contributed by atoms with Crippen molar-refractivity contribution in [1.29, 1.82) is 0 Å². The molecule has 1 atom stereocenters. The van der Waals surface area contributed by atoms with Gasteiger partial charge in [0, 0.05) is 5.39 Å². The van der Waals surface area contributed by atoms with Gasteiger partial charge in [-0.25, -0.2) is 0 Å². The highest BCUT2D eigenvalue weighted by Gasteiger charge is 2.15. The van der Waals surface area contributed by atoms with Gasteiger partial charge in [0.25, 0.3) is 5.91 Å². The van der Waals surface area contributed by atoms with Crippen molar-refractivity contribution in [2.75, 3.05) is 7.11 Å². The standard InChI is InChI=1S/C18H17NO3/c1-12(13-7-9-15(21-2)10-8-13)19-18(20)17-11-14-5-3-4-6-16(14)22-17/h3-12H,1-2H3,(H,19,20)/t12-/m1/s1. The molecule has 22 heavy (non-hydrogen) atoms. The smallest absolute Gasteiger partial charge is 0.287 e. The molecule has 0 unspecified atom stereocenters. The number of para-hydroxylation sites is 1. The van der Waals surface area contributed by atoms with Gasteiger partial charge in [-0.3, -0.25) is 4.79 Å². The number of benzene rings is 2. The maximum Gasteiger partial charge on any atom is 0.287 e. The molecular weight excluding hydrogens is 278 g/mol. The average Bonchev–Trinajstić information content (AvgIpc) is 2.99. The molecule has 3 rings (SSSR count). The number of carbonyl (C=O) groups is 1. The fraction of sp³-hybridized carbons (Fsp3) is 0.167. The molecular formula is C18H17NO3. The largest absolute Gasteiger partial charge is 0.497 e. The van der Waals surface area contributed by atoms with E-state index in [1.54, 1.807) is 13.2 Å². The summed E-state index contributed by atoms with van der Waals surface area (Å²) in [5.74, 6) is 0.889. The van der Waals surface area contributed by atoms with E-state index in [1.807, 2.05) is 55.5 Å². The van der Waals surface area contributed by atoms with Crippen LogP contribution >= 0.6 is 0 Å². The summed E-state index contributed by atoms with van der Waals surface area (Å²) in [6.45, 7) is 1.93. The second-order valence-electron chi connectivity index (χ2n) is 5.12. The number of rotatable bonds is 4. The van der Waals surface area contributed by atoms with E-state index in [2.05, 4.69) is 5.32 Å². The van der Waals surface area contributed by atoms with E-state index in [4.69, 9.17) is 9.15 Å². The summed E-state index contributed by atoms with van der Waals surface area (Å²) < 4.78 is 10.7. The number of nitrogens with one attached hydrogen (secondary N) is 1. The molecule has 112 valence electrons. The van der Waals surface area contributed by atoms with Gasteiger partial charge in [-0.2, -0.15) is 0 Å². The summed E-state index contributed by atoms with van der Waals surface area (Å²) in [7, 11) is 1.63. The lowest BCUT2D eigenvalue weighted by atomic mass is 10.1. The molecule has 0 fully saturated rings. The molecule has 0 bridgehead atoms. The van der Waals surface area contributed by atoms with Crippen molar-refractivity contribution in [2.24, 2.45) is 0 Å². The number of fused-ring (bicyclic) bond motifs is 1. The molecule has 0 spiro atoms. The first kappa shape index (κ1) is 14.2. The number of methoxy groups -OCH3 is 1. The summed E-state index contributed by atoms with van der Waals surface area (Å²) in [4.78, 5) is 12.3. The predicted octanol–water partition coefficient (Wildman–Crippen LogP) is 3.93. The molecule has 2 aromatic carbocycles. The molecule has 1 amide bonds. The Morgan fingerprint density at radius 3 is 2.55 bits per heavy atom. The molecule has 4 nitrogen and oxygen atoms in total. The highest BCUT2D eigenvalue weighted by molar-refractivity contribution is 5.96. The van der Waals surface area contributed by atoms with Crippen LogP contribution in [0.1, 0.15) is 29.1 Å². The Morgan fingerprint density at radius 2 is 1.86 bits per heavy atom. The number of hydrogen-bond acceptors (Lipinski definition) is 3. The van der Waals surface area contributed by atoms with Crippen molar-refractivity contribution >= 4 is 16.9 Å². The highest BCUT2D eigenvalue weighted by Crippen LogP contribution is 2.21. The van der Waals surface area contributed by atoms with E-state index < -0.39 is 0 Å². The summed E-state index contributed by atoms with van der Waals surface area (Å²) in [5, 5.41) is 3.86. The quantitative estimate of drug-likeness (QED) is 0.793. The first-order valence-corrected chi connectivity index (χ1v) is 7.11. The Labute approximate surface area is 128 Å². The van der Waals surface area contributed by atoms with E-state index >= 15 is 0 Å². The SMILES string of the molecule is COc1ccc([C@@H](C)NC(=O)c2cc3ccccc3o2)cc1. The predicted molar refractivity (Wildman–Crippen MR) is 85.1 cm³/mol. The van der Waals surface area contributed by atoms with Crippen LogP contribution in [0.4, 0.5) is 0 Å². The topological polar surface area (TPSA) is 51.5 Å². The summed E-state index contributed by atoms with van der Waals surface area (Å²) in [6.07, 6.45) is 0. The zero-order chi connectivity index (χ0) is 15.5.